The van der Waals surface area contributed by atoms with Crippen LogP contribution in [0.3, 0.4) is 0 Å². The summed E-state index contributed by atoms with van der Waals surface area (Å²) in [6, 6.07) is 18.8. The smallest absolute Gasteiger partial charge is 0.339 e. The van der Waals surface area contributed by atoms with E-state index in [1.54, 1.807) is 74.7 Å². The van der Waals surface area contributed by atoms with Crippen LogP contribution in [-0.2, 0) is 9.53 Å². The number of para-hydroxylation sites is 1. The molecule has 0 spiro atoms. The number of hydrogen-bond donors (Lipinski definition) is 2. The highest BCUT2D eigenvalue weighted by atomic mass is 32.2. The molecule has 0 saturated carbocycles. The van der Waals surface area contributed by atoms with Gasteiger partial charge in [0.15, 0.2) is 5.78 Å². The number of allylic oxidation sites excluding steroid dienone is 2. The number of rotatable bonds is 9. The number of carbonyl (C=O) groups excluding carboxylic acids is 3. The number of Topliss-reactive ketones (excluding diaryl/α,β-unsaturated/α-hetero) is 1. The number of dihydropyridines is 1. The van der Waals surface area contributed by atoms with E-state index in [1.807, 2.05) is 0 Å². The van der Waals surface area contributed by atoms with Crippen LogP contribution >= 0.6 is 11.8 Å². The number of furan rings is 1. The molecule has 2 heterocycles. The number of anilines is 1. The zero-order chi connectivity index (χ0) is 27.9. The molecule has 3 aromatic rings. The van der Waals surface area contributed by atoms with Crippen LogP contribution in [0.15, 0.2) is 93.2 Å². The van der Waals surface area contributed by atoms with Gasteiger partial charge in [-0.3, -0.25) is 9.59 Å². The van der Waals surface area contributed by atoms with E-state index in [0.29, 0.717) is 27.8 Å². The summed E-state index contributed by atoms with van der Waals surface area (Å²) in [5, 5.41) is 16.5. The molecule has 0 saturated heterocycles. The molecule has 1 unspecified atom stereocenters. The van der Waals surface area contributed by atoms with Crippen molar-refractivity contribution in [3.8, 4) is 11.8 Å². The Morgan fingerprint density at radius 3 is 2.46 bits per heavy atom. The number of thioether (sulfide) groups is 1. The predicted molar refractivity (Wildman–Crippen MR) is 146 cm³/mol. The lowest BCUT2D eigenvalue weighted by Crippen LogP contribution is -2.31. The van der Waals surface area contributed by atoms with Gasteiger partial charge in [-0.1, -0.05) is 23.9 Å². The number of benzene rings is 2. The molecule has 10 heteroatoms. The second-order valence-electron chi connectivity index (χ2n) is 8.40. The van der Waals surface area contributed by atoms with Crippen LogP contribution in [0.1, 0.15) is 39.3 Å². The highest BCUT2D eigenvalue weighted by molar-refractivity contribution is 8.03. The largest absolute Gasteiger partial charge is 0.497 e. The second kappa shape index (κ2) is 12.2. The first-order valence-corrected chi connectivity index (χ1v) is 12.8. The van der Waals surface area contributed by atoms with Crippen LogP contribution in [0.2, 0.25) is 0 Å². The number of hydrogen-bond acceptors (Lipinski definition) is 9. The van der Waals surface area contributed by atoms with Crippen molar-refractivity contribution in [3.63, 3.8) is 0 Å². The molecule has 1 aliphatic heterocycles. The topological polar surface area (TPSA) is 131 Å². The van der Waals surface area contributed by atoms with Crippen LogP contribution in [-0.4, -0.2) is 37.6 Å². The molecule has 2 aromatic carbocycles. The highest BCUT2D eigenvalue weighted by Gasteiger charge is 2.37. The summed E-state index contributed by atoms with van der Waals surface area (Å²) in [7, 11) is 2.81. The fourth-order valence-corrected chi connectivity index (χ4v) is 5.12. The van der Waals surface area contributed by atoms with E-state index in [0.717, 1.165) is 0 Å². The maximum absolute atomic E-state index is 13.6. The number of ether oxygens (including phenoxy) is 2. The fraction of sp³-hybridized carbons (Fsp3) is 0.172. The molecular weight excluding hydrogens is 518 g/mol. The summed E-state index contributed by atoms with van der Waals surface area (Å²) in [6.45, 7) is 1.71. The summed E-state index contributed by atoms with van der Waals surface area (Å²) >= 11 is 1.17. The van der Waals surface area contributed by atoms with E-state index in [-0.39, 0.29) is 33.9 Å². The molecule has 0 aliphatic carbocycles. The molecule has 4 rings (SSSR count). The molecule has 1 aliphatic rings. The van der Waals surface area contributed by atoms with Crippen molar-refractivity contribution < 1.29 is 28.3 Å². The molecular formula is C29H25N3O6S. The SMILES string of the molecule is COC(=O)c1ccccc1NC(=O)C1=C(C)NC(SCC(=O)c2ccc(OC)cc2)=C(C#N)C1c1ccco1. The summed E-state index contributed by atoms with van der Waals surface area (Å²) in [5.41, 5.74) is 1.91. The first-order valence-electron chi connectivity index (χ1n) is 11.8. The predicted octanol–water partition coefficient (Wildman–Crippen LogP) is 5.03. The molecule has 0 bridgehead atoms. The molecule has 198 valence electrons. The van der Waals surface area contributed by atoms with Crippen LogP contribution in [0.5, 0.6) is 5.75 Å². The van der Waals surface area contributed by atoms with Crippen molar-refractivity contribution in [2.24, 2.45) is 0 Å². The first-order chi connectivity index (χ1) is 18.9. The van der Waals surface area contributed by atoms with E-state index in [9.17, 15) is 19.6 Å². The Bertz CT molecular complexity index is 1500. The molecule has 2 N–H and O–H groups in total. The van der Waals surface area contributed by atoms with Crippen LogP contribution < -0.4 is 15.4 Å². The maximum Gasteiger partial charge on any atom is 0.339 e. The van der Waals surface area contributed by atoms with Gasteiger partial charge >= 0.3 is 5.97 Å². The number of ketones is 1. The van der Waals surface area contributed by atoms with Crippen molar-refractivity contribution >= 4 is 35.1 Å². The van der Waals surface area contributed by atoms with Gasteiger partial charge in [-0.25, -0.2) is 4.79 Å². The van der Waals surface area contributed by atoms with Gasteiger partial charge in [0.1, 0.15) is 11.5 Å². The quantitative estimate of drug-likeness (QED) is 0.282. The highest BCUT2D eigenvalue weighted by Crippen LogP contribution is 2.41. The van der Waals surface area contributed by atoms with Gasteiger partial charge in [-0.15, -0.1) is 0 Å². The Labute approximate surface area is 229 Å². The fourth-order valence-electron chi connectivity index (χ4n) is 4.14. The summed E-state index contributed by atoms with van der Waals surface area (Å²) in [5.74, 6) is -0.999. The number of carbonyl (C=O) groups is 3. The minimum absolute atomic E-state index is 0.0615. The third-order valence-electron chi connectivity index (χ3n) is 6.06. The van der Waals surface area contributed by atoms with Crippen molar-refractivity contribution in [2.45, 2.75) is 12.8 Å². The Hall–Kier alpha value is -4.75. The number of nitrogens with one attached hydrogen (secondary N) is 2. The first kappa shape index (κ1) is 27.3. The van der Waals surface area contributed by atoms with E-state index in [2.05, 4.69) is 16.7 Å². The number of methoxy groups -OCH3 is 2. The third-order valence-corrected chi connectivity index (χ3v) is 7.08. The molecule has 0 radical (unpaired) electrons. The summed E-state index contributed by atoms with van der Waals surface area (Å²) < 4.78 is 15.6. The van der Waals surface area contributed by atoms with E-state index in [4.69, 9.17) is 13.9 Å². The third kappa shape index (κ3) is 5.89. The molecule has 9 nitrogen and oxygen atoms in total. The number of nitriles is 1. The van der Waals surface area contributed by atoms with Gasteiger partial charge in [0.2, 0.25) is 0 Å². The number of nitrogens with zero attached hydrogens (tertiary/aromatic N) is 1. The Morgan fingerprint density at radius 1 is 1.08 bits per heavy atom. The zero-order valence-corrected chi connectivity index (χ0v) is 22.3. The number of amides is 1. The standard InChI is InChI=1S/C29H25N3O6S/c1-17-25(27(34)32-22-8-5-4-7-20(22)29(35)37-3)26(24-9-6-14-38-24)21(15-30)28(31-17)39-16-23(33)18-10-12-19(36-2)13-11-18/h4-14,26,31H,16H2,1-3H3,(H,32,34). The zero-order valence-electron chi connectivity index (χ0n) is 21.4. The van der Waals surface area contributed by atoms with Gasteiger partial charge < -0.3 is 24.5 Å². The lowest BCUT2D eigenvalue weighted by molar-refractivity contribution is -0.113. The Morgan fingerprint density at radius 2 is 1.82 bits per heavy atom. The Kier molecular flexibility index (Phi) is 8.53. The minimum Gasteiger partial charge on any atom is -0.497 e. The normalized spacial score (nSPS) is 14.8. The van der Waals surface area contributed by atoms with Crippen molar-refractivity contribution in [1.29, 1.82) is 5.26 Å². The molecule has 39 heavy (non-hydrogen) atoms. The van der Waals surface area contributed by atoms with Gasteiger partial charge in [-0.05, 0) is 55.5 Å². The van der Waals surface area contributed by atoms with Crippen LogP contribution in [0.25, 0.3) is 0 Å². The van der Waals surface area contributed by atoms with E-state index in [1.165, 1.54) is 25.1 Å². The average Bonchev–Trinajstić information content (AvgIpc) is 3.50. The van der Waals surface area contributed by atoms with E-state index >= 15 is 0 Å². The van der Waals surface area contributed by atoms with Crippen molar-refractivity contribution in [1.82, 2.24) is 5.32 Å². The summed E-state index contributed by atoms with van der Waals surface area (Å²) in [6.07, 6.45) is 1.46. The maximum atomic E-state index is 13.6. The molecule has 1 amide bonds. The lowest BCUT2D eigenvalue weighted by atomic mass is 9.85. The molecule has 1 aromatic heterocycles. The second-order valence-corrected chi connectivity index (χ2v) is 9.38. The van der Waals surface area contributed by atoms with Gasteiger partial charge in [-0.2, -0.15) is 5.26 Å². The van der Waals surface area contributed by atoms with Crippen molar-refractivity contribution in [3.05, 3.63) is 106 Å². The average molecular weight is 544 g/mol. The summed E-state index contributed by atoms with van der Waals surface area (Å²) in [4.78, 5) is 38.7. The van der Waals surface area contributed by atoms with Crippen molar-refractivity contribution in [2.75, 3.05) is 25.3 Å². The monoisotopic (exact) mass is 543 g/mol. The molecule has 1 atom stereocenters. The van der Waals surface area contributed by atoms with Gasteiger partial charge in [0.25, 0.3) is 5.91 Å². The minimum atomic E-state index is -0.838. The Balaban J connectivity index is 1.63. The lowest BCUT2D eigenvalue weighted by Gasteiger charge is -2.28. The molecule has 0 fully saturated rings. The van der Waals surface area contributed by atoms with Crippen LogP contribution in [0, 0.1) is 11.3 Å². The van der Waals surface area contributed by atoms with Gasteiger partial charge in [0.05, 0.1) is 65.6 Å². The van der Waals surface area contributed by atoms with Gasteiger partial charge in [0, 0.05) is 11.3 Å². The number of esters is 1. The van der Waals surface area contributed by atoms with E-state index < -0.39 is 17.8 Å². The van der Waals surface area contributed by atoms with Crippen LogP contribution in [0.4, 0.5) is 5.69 Å².